The number of nitrogens with two attached hydrogens (primary N) is 1. The summed E-state index contributed by atoms with van der Waals surface area (Å²) in [5.74, 6) is 0.813. The molecule has 2 aromatic rings. The Labute approximate surface area is 119 Å². The number of aryl methyl sites for hydroxylation is 1. The fourth-order valence-electron chi connectivity index (χ4n) is 1.74. The molecule has 0 radical (unpaired) electrons. The van der Waals surface area contributed by atoms with E-state index in [1.54, 1.807) is 30.6 Å². The van der Waals surface area contributed by atoms with E-state index in [9.17, 15) is 4.79 Å². The van der Waals surface area contributed by atoms with Gasteiger partial charge >= 0.3 is 0 Å². The van der Waals surface area contributed by atoms with Crippen molar-refractivity contribution in [1.29, 1.82) is 0 Å². The molecule has 0 spiro atoms. The quantitative estimate of drug-likeness (QED) is 0.582. The summed E-state index contributed by atoms with van der Waals surface area (Å²) in [5.41, 5.74) is 6.82. The van der Waals surface area contributed by atoms with Crippen LogP contribution in [0.2, 0.25) is 0 Å². The van der Waals surface area contributed by atoms with E-state index >= 15 is 0 Å². The van der Waals surface area contributed by atoms with Gasteiger partial charge in [0.05, 0.1) is 0 Å². The second kappa shape index (κ2) is 6.38. The molecule has 0 aliphatic rings. The largest absolute Gasteiger partial charge is 0.399 e. The first-order chi connectivity index (χ1) is 9.15. The second-order valence-corrected chi connectivity index (χ2v) is 5.08. The van der Waals surface area contributed by atoms with Gasteiger partial charge in [-0.2, -0.15) is 0 Å². The predicted octanol–water partition coefficient (Wildman–Crippen LogP) is 2.12. The molecular formula is C13H15BrN4O. The van der Waals surface area contributed by atoms with Crippen LogP contribution in [0.5, 0.6) is 0 Å². The van der Waals surface area contributed by atoms with Gasteiger partial charge in [0.1, 0.15) is 5.82 Å². The molecule has 0 fully saturated rings. The SMILES string of the molecule is Nc1cc(Br)cc(C(=O)NCCCc2ncc[nH]2)c1. The van der Waals surface area contributed by atoms with Crippen molar-refractivity contribution >= 4 is 27.5 Å². The highest BCUT2D eigenvalue weighted by atomic mass is 79.9. The molecule has 0 unspecified atom stereocenters. The normalized spacial score (nSPS) is 10.4. The van der Waals surface area contributed by atoms with E-state index in [1.165, 1.54) is 0 Å². The number of nitrogen functional groups attached to an aromatic ring is 1. The maximum Gasteiger partial charge on any atom is 0.251 e. The van der Waals surface area contributed by atoms with Crippen molar-refractivity contribution in [3.8, 4) is 0 Å². The smallest absolute Gasteiger partial charge is 0.251 e. The van der Waals surface area contributed by atoms with E-state index < -0.39 is 0 Å². The lowest BCUT2D eigenvalue weighted by Gasteiger charge is -2.06. The van der Waals surface area contributed by atoms with Gasteiger partial charge in [-0.1, -0.05) is 15.9 Å². The van der Waals surface area contributed by atoms with Crippen molar-refractivity contribution in [2.24, 2.45) is 0 Å². The third-order valence-electron chi connectivity index (χ3n) is 2.61. The molecule has 6 heteroatoms. The van der Waals surface area contributed by atoms with E-state index in [0.29, 0.717) is 17.8 Å². The van der Waals surface area contributed by atoms with Gasteiger partial charge in [-0.05, 0) is 24.6 Å². The topological polar surface area (TPSA) is 83.8 Å². The number of H-pyrrole nitrogens is 1. The summed E-state index contributed by atoms with van der Waals surface area (Å²) in [6.45, 7) is 0.603. The van der Waals surface area contributed by atoms with E-state index in [0.717, 1.165) is 23.1 Å². The summed E-state index contributed by atoms with van der Waals surface area (Å²) >= 11 is 3.32. The number of imidazole rings is 1. The number of benzene rings is 1. The van der Waals surface area contributed by atoms with Crippen molar-refractivity contribution in [2.45, 2.75) is 12.8 Å². The molecule has 1 amide bonds. The third-order valence-corrected chi connectivity index (χ3v) is 3.07. The highest BCUT2D eigenvalue weighted by Gasteiger charge is 2.06. The molecule has 0 saturated carbocycles. The first kappa shape index (κ1) is 13.6. The number of hydrogen-bond donors (Lipinski definition) is 3. The number of carbonyl (C=O) groups excluding carboxylic acids is 1. The first-order valence-corrected chi connectivity index (χ1v) is 6.77. The molecule has 100 valence electrons. The van der Waals surface area contributed by atoms with Gasteiger partial charge in [0.2, 0.25) is 0 Å². The Balaban J connectivity index is 1.80. The van der Waals surface area contributed by atoms with Crippen LogP contribution in [0, 0.1) is 0 Å². The fraction of sp³-hybridized carbons (Fsp3) is 0.231. The molecule has 0 bridgehead atoms. The molecule has 0 aliphatic carbocycles. The zero-order chi connectivity index (χ0) is 13.7. The number of anilines is 1. The minimum Gasteiger partial charge on any atom is -0.399 e. The van der Waals surface area contributed by atoms with Crippen molar-refractivity contribution in [3.63, 3.8) is 0 Å². The number of rotatable bonds is 5. The molecule has 19 heavy (non-hydrogen) atoms. The number of halogens is 1. The highest BCUT2D eigenvalue weighted by Crippen LogP contribution is 2.17. The molecule has 1 heterocycles. The number of nitrogens with one attached hydrogen (secondary N) is 2. The van der Waals surface area contributed by atoms with E-state index in [-0.39, 0.29) is 5.91 Å². The molecule has 0 saturated heterocycles. The van der Waals surface area contributed by atoms with Crippen molar-refractivity contribution in [1.82, 2.24) is 15.3 Å². The molecule has 0 aliphatic heterocycles. The van der Waals surface area contributed by atoms with Crippen molar-refractivity contribution in [3.05, 3.63) is 46.5 Å². The Bertz CT molecular complexity index is 534. The number of hydrogen-bond acceptors (Lipinski definition) is 3. The number of aromatic nitrogens is 2. The van der Waals surface area contributed by atoms with Crippen LogP contribution in [0.15, 0.2) is 35.1 Å². The van der Waals surface area contributed by atoms with Gasteiger partial charge in [0.15, 0.2) is 0 Å². The molecule has 4 N–H and O–H groups in total. The van der Waals surface area contributed by atoms with Gasteiger partial charge in [0.25, 0.3) is 5.91 Å². The number of carbonyl (C=O) groups is 1. The minimum atomic E-state index is -0.118. The maximum absolute atomic E-state index is 11.9. The Morgan fingerprint density at radius 3 is 2.95 bits per heavy atom. The standard InChI is InChI=1S/C13H15BrN4O/c14-10-6-9(7-11(15)8-10)13(19)18-3-1-2-12-16-4-5-17-12/h4-8H,1-3,15H2,(H,16,17)(H,18,19). The van der Waals surface area contributed by atoms with Gasteiger partial charge in [-0.25, -0.2) is 4.98 Å². The zero-order valence-corrected chi connectivity index (χ0v) is 11.9. The van der Waals surface area contributed by atoms with E-state index in [4.69, 9.17) is 5.73 Å². The highest BCUT2D eigenvalue weighted by molar-refractivity contribution is 9.10. The van der Waals surface area contributed by atoms with Crippen LogP contribution in [-0.4, -0.2) is 22.4 Å². The Morgan fingerprint density at radius 1 is 1.42 bits per heavy atom. The number of aromatic amines is 1. The Hall–Kier alpha value is -1.82. The lowest BCUT2D eigenvalue weighted by molar-refractivity contribution is 0.0953. The van der Waals surface area contributed by atoms with Crippen LogP contribution < -0.4 is 11.1 Å². The summed E-state index contributed by atoms with van der Waals surface area (Å²) in [6, 6.07) is 5.17. The molecule has 2 rings (SSSR count). The average molecular weight is 323 g/mol. The monoisotopic (exact) mass is 322 g/mol. The van der Waals surface area contributed by atoms with Gasteiger partial charge in [-0.3, -0.25) is 4.79 Å². The van der Waals surface area contributed by atoms with Crippen LogP contribution >= 0.6 is 15.9 Å². The Morgan fingerprint density at radius 2 is 2.26 bits per heavy atom. The second-order valence-electron chi connectivity index (χ2n) is 4.17. The molecular weight excluding hydrogens is 308 g/mol. The third kappa shape index (κ3) is 4.10. The number of nitrogens with zero attached hydrogens (tertiary/aromatic N) is 1. The van der Waals surface area contributed by atoms with Crippen LogP contribution in [0.25, 0.3) is 0 Å². The predicted molar refractivity (Wildman–Crippen MR) is 77.8 cm³/mol. The molecule has 1 aromatic heterocycles. The number of amides is 1. The van der Waals surface area contributed by atoms with Crippen molar-refractivity contribution < 1.29 is 4.79 Å². The van der Waals surface area contributed by atoms with Crippen LogP contribution in [0.1, 0.15) is 22.6 Å². The summed E-state index contributed by atoms with van der Waals surface area (Å²) in [6.07, 6.45) is 5.16. The average Bonchev–Trinajstić information content (AvgIpc) is 2.86. The lowest BCUT2D eigenvalue weighted by Crippen LogP contribution is -2.25. The van der Waals surface area contributed by atoms with Gasteiger partial charge in [-0.15, -0.1) is 0 Å². The van der Waals surface area contributed by atoms with Crippen LogP contribution in [-0.2, 0) is 6.42 Å². The summed E-state index contributed by atoms with van der Waals surface area (Å²) in [5, 5.41) is 2.86. The Kier molecular flexibility index (Phi) is 4.57. The lowest BCUT2D eigenvalue weighted by atomic mass is 10.2. The van der Waals surface area contributed by atoms with E-state index in [2.05, 4.69) is 31.2 Å². The molecule has 0 atom stereocenters. The van der Waals surface area contributed by atoms with Gasteiger partial charge in [0, 0.05) is 41.1 Å². The summed E-state index contributed by atoms with van der Waals surface area (Å²) < 4.78 is 0.799. The van der Waals surface area contributed by atoms with Crippen molar-refractivity contribution in [2.75, 3.05) is 12.3 Å². The minimum absolute atomic E-state index is 0.118. The molecule has 5 nitrogen and oxygen atoms in total. The van der Waals surface area contributed by atoms with Crippen LogP contribution in [0.3, 0.4) is 0 Å². The van der Waals surface area contributed by atoms with Gasteiger partial charge < -0.3 is 16.0 Å². The zero-order valence-electron chi connectivity index (χ0n) is 10.3. The van der Waals surface area contributed by atoms with Crippen LogP contribution in [0.4, 0.5) is 5.69 Å². The van der Waals surface area contributed by atoms with E-state index in [1.807, 2.05) is 0 Å². The summed E-state index contributed by atoms with van der Waals surface area (Å²) in [7, 11) is 0. The maximum atomic E-state index is 11.9. The fourth-order valence-corrected chi connectivity index (χ4v) is 2.25. The summed E-state index contributed by atoms with van der Waals surface area (Å²) in [4.78, 5) is 19.0. The first-order valence-electron chi connectivity index (χ1n) is 5.97. The molecule has 1 aromatic carbocycles.